The fourth-order valence-electron chi connectivity index (χ4n) is 2.93. The van der Waals surface area contributed by atoms with Gasteiger partial charge in [0.1, 0.15) is 0 Å². The number of nitrogens with one attached hydrogen (secondary N) is 1. The predicted octanol–water partition coefficient (Wildman–Crippen LogP) is 5.55. The van der Waals surface area contributed by atoms with E-state index in [9.17, 15) is 4.79 Å². The zero-order valence-electron chi connectivity index (χ0n) is 16.5. The Morgan fingerprint density at radius 1 is 0.966 bits per heavy atom. The molecule has 0 fully saturated rings. The van der Waals surface area contributed by atoms with Crippen molar-refractivity contribution in [2.24, 2.45) is 0 Å². The molecule has 0 aliphatic rings. The fourth-order valence-corrected chi connectivity index (χ4v) is 2.93. The number of benzene rings is 2. The summed E-state index contributed by atoms with van der Waals surface area (Å²) in [6.45, 7) is 6.42. The number of hydrogen-bond donors (Lipinski definition) is 1. The molecule has 2 aromatic carbocycles. The van der Waals surface area contributed by atoms with Gasteiger partial charge < -0.3 is 14.3 Å². The first-order chi connectivity index (χ1) is 13.9. The zero-order chi connectivity index (χ0) is 20.4. The van der Waals surface area contributed by atoms with Crippen molar-refractivity contribution in [3.63, 3.8) is 0 Å². The van der Waals surface area contributed by atoms with E-state index in [0.717, 1.165) is 0 Å². The van der Waals surface area contributed by atoms with Crippen molar-refractivity contribution >= 4 is 11.6 Å². The van der Waals surface area contributed by atoms with Gasteiger partial charge in [-0.2, -0.15) is 4.98 Å². The highest BCUT2D eigenvalue weighted by Crippen LogP contribution is 2.29. The summed E-state index contributed by atoms with van der Waals surface area (Å²) in [6, 6.07) is 18.4. The molecular weight excluding hydrogens is 366 g/mol. The molecule has 1 amide bonds. The molecule has 0 bridgehead atoms. The number of para-hydroxylation sites is 1. The maximum absolute atomic E-state index is 12.8. The van der Waals surface area contributed by atoms with Crippen molar-refractivity contribution in [3.05, 3.63) is 78.1 Å². The lowest BCUT2D eigenvalue weighted by molar-refractivity contribution is 0.102. The second-order valence-electron chi connectivity index (χ2n) is 7.73. The summed E-state index contributed by atoms with van der Waals surface area (Å²) in [7, 11) is 0. The lowest BCUT2D eigenvalue weighted by Crippen LogP contribution is -2.14. The number of aromatic nitrogens is 2. The molecule has 4 aromatic rings. The minimum Gasteiger partial charge on any atom is -0.461 e. The fraction of sp³-hybridized carbons (Fsp3) is 0.174. The molecule has 0 saturated heterocycles. The van der Waals surface area contributed by atoms with Gasteiger partial charge in [0.25, 0.3) is 11.8 Å². The molecular formula is C23H21N3O3. The van der Waals surface area contributed by atoms with Crippen LogP contribution in [-0.4, -0.2) is 16.0 Å². The van der Waals surface area contributed by atoms with Gasteiger partial charge in [-0.1, -0.05) is 50.2 Å². The third-order valence-electron chi connectivity index (χ3n) is 4.59. The Morgan fingerprint density at radius 3 is 2.41 bits per heavy atom. The Hall–Kier alpha value is -3.67. The molecule has 29 heavy (non-hydrogen) atoms. The number of furan rings is 1. The van der Waals surface area contributed by atoms with E-state index in [0.29, 0.717) is 34.3 Å². The van der Waals surface area contributed by atoms with Gasteiger partial charge in [-0.25, -0.2) is 0 Å². The monoisotopic (exact) mass is 387 g/mol. The van der Waals surface area contributed by atoms with E-state index in [1.54, 1.807) is 24.5 Å². The number of carbonyl (C=O) groups excluding carboxylic acids is 1. The molecule has 4 rings (SSSR count). The average Bonchev–Trinajstić information content (AvgIpc) is 3.39. The smallest absolute Gasteiger partial charge is 0.260 e. The van der Waals surface area contributed by atoms with Crippen molar-refractivity contribution in [1.82, 2.24) is 10.1 Å². The maximum atomic E-state index is 12.8. The summed E-state index contributed by atoms with van der Waals surface area (Å²) >= 11 is 0. The number of hydrogen-bond acceptors (Lipinski definition) is 5. The van der Waals surface area contributed by atoms with Gasteiger partial charge in [0.2, 0.25) is 5.82 Å². The van der Waals surface area contributed by atoms with Gasteiger partial charge in [0.05, 0.1) is 17.5 Å². The highest BCUT2D eigenvalue weighted by Gasteiger charge is 2.18. The van der Waals surface area contributed by atoms with E-state index in [-0.39, 0.29) is 11.3 Å². The van der Waals surface area contributed by atoms with Crippen LogP contribution in [0.1, 0.15) is 36.7 Å². The summed E-state index contributed by atoms with van der Waals surface area (Å²) in [6.07, 6.45) is 1.55. The van der Waals surface area contributed by atoms with Gasteiger partial charge in [-0.15, -0.1) is 0 Å². The third-order valence-corrected chi connectivity index (χ3v) is 4.59. The Balaban J connectivity index is 1.58. The Labute approximate surface area is 168 Å². The van der Waals surface area contributed by atoms with Crippen LogP contribution in [0.5, 0.6) is 0 Å². The van der Waals surface area contributed by atoms with E-state index in [1.165, 1.54) is 5.56 Å². The summed E-state index contributed by atoms with van der Waals surface area (Å²) in [5.41, 5.74) is 3.01. The highest BCUT2D eigenvalue weighted by molar-refractivity contribution is 6.06. The minimum atomic E-state index is -0.205. The van der Waals surface area contributed by atoms with Crippen LogP contribution in [0.3, 0.4) is 0 Å². The topological polar surface area (TPSA) is 81.2 Å². The second-order valence-corrected chi connectivity index (χ2v) is 7.73. The number of nitrogens with zero attached hydrogens (tertiary/aromatic N) is 2. The molecule has 0 atom stereocenters. The van der Waals surface area contributed by atoms with Gasteiger partial charge in [-0.3, -0.25) is 4.79 Å². The summed E-state index contributed by atoms with van der Waals surface area (Å²) in [5.74, 6) is 0.961. The molecule has 0 aliphatic carbocycles. The molecule has 146 valence electrons. The lowest BCUT2D eigenvalue weighted by Gasteiger charge is -2.19. The Bertz CT molecular complexity index is 1120. The molecule has 0 spiro atoms. The van der Waals surface area contributed by atoms with Crippen molar-refractivity contribution < 1.29 is 13.7 Å². The number of rotatable bonds is 4. The first-order valence-electron chi connectivity index (χ1n) is 9.31. The van der Waals surface area contributed by atoms with Crippen LogP contribution >= 0.6 is 0 Å². The molecule has 2 heterocycles. The molecule has 0 aliphatic heterocycles. The first kappa shape index (κ1) is 18.7. The zero-order valence-corrected chi connectivity index (χ0v) is 16.5. The first-order valence-corrected chi connectivity index (χ1v) is 9.31. The van der Waals surface area contributed by atoms with E-state index in [2.05, 4.69) is 36.2 Å². The van der Waals surface area contributed by atoms with Crippen molar-refractivity contribution in [3.8, 4) is 23.0 Å². The van der Waals surface area contributed by atoms with E-state index >= 15 is 0 Å². The van der Waals surface area contributed by atoms with Crippen LogP contribution in [0, 0.1) is 0 Å². The quantitative estimate of drug-likeness (QED) is 0.497. The van der Waals surface area contributed by atoms with Gasteiger partial charge >= 0.3 is 0 Å². The summed E-state index contributed by atoms with van der Waals surface area (Å²) in [5, 5.41) is 6.89. The molecule has 0 unspecified atom stereocenters. The number of amides is 1. The van der Waals surface area contributed by atoms with Gasteiger partial charge in [0, 0.05) is 5.56 Å². The minimum absolute atomic E-state index is 0.0330. The standard InChI is InChI=1S/C23H21N3O3/c1-23(2,3)16-12-10-15(11-13-16)21(27)24-18-8-5-4-7-17(18)22-25-20(26-29-22)19-9-6-14-28-19/h4-14H,1-3H3,(H,24,27). The second kappa shape index (κ2) is 7.39. The number of anilines is 1. The maximum Gasteiger partial charge on any atom is 0.260 e. The van der Waals surface area contributed by atoms with E-state index < -0.39 is 0 Å². The SMILES string of the molecule is CC(C)(C)c1ccc(C(=O)Nc2ccccc2-c2nc(-c3ccco3)no2)cc1. The largest absolute Gasteiger partial charge is 0.461 e. The van der Waals surface area contributed by atoms with Crippen LogP contribution in [0.15, 0.2) is 75.9 Å². The normalized spacial score (nSPS) is 11.4. The molecule has 6 nitrogen and oxygen atoms in total. The third kappa shape index (κ3) is 3.96. The molecule has 0 radical (unpaired) electrons. The van der Waals surface area contributed by atoms with Crippen LogP contribution < -0.4 is 5.32 Å². The van der Waals surface area contributed by atoms with Crippen molar-refractivity contribution in [2.75, 3.05) is 5.32 Å². The molecule has 6 heteroatoms. The van der Waals surface area contributed by atoms with Crippen molar-refractivity contribution in [2.45, 2.75) is 26.2 Å². The van der Waals surface area contributed by atoms with Crippen molar-refractivity contribution in [1.29, 1.82) is 0 Å². The Kier molecular flexibility index (Phi) is 4.76. The van der Waals surface area contributed by atoms with Gasteiger partial charge in [-0.05, 0) is 47.4 Å². The lowest BCUT2D eigenvalue weighted by atomic mass is 9.87. The predicted molar refractivity (Wildman–Crippen MR) is 111 cm³/mol. The van der Waals surface area contributed by atoms with E-state index in [4.69, 9.17) is 8.94 Å². The molecule has 2 aromatic heterocycles. The van der Waals surface area contributed by atoms with Crippen LogP contribution in [0.4, 0.5) is 5.69 Å². The molecule has 0 saturated carbocycles. The summed E-state index contributed by atoms with van der Waals surface area (Å²) < 4.78 is 10.7. The Morgan fingerprint density at radius 2 is 1.72 bits per heavy atom. The number of carbonyl (C=O) groups is 1. The van der Waals surface area contributed by atoms with Crippen LogP contribution in [0.2, 0.25) is 0 Å². The highest BCUT2D eigenvalue weighted by atomic mass is 16.5. The van der Waals surface area contributed by atoms with Crippen LogP contribution in [-0.2, 0) is 5.41 Å². The molecule has 1 N–H and O–H groups in total. The van der Waals surface area contributed by atoms with Crippen LogP contribution in [0.25, 0.3) is 23.0 Å². The van der Waals surface area contributed by atoms with Gasteiger partial charge in [0.15, 0.2) is 5.76 Å². The van der Waals surface area contributed by atoms with E-state index in [1.807, 2.05) is 42.5 Å². The average molecular weight is 387 g/mol. The summed E-state index contributed by atoms with van der Waals surface area (Å²) in [4.78, 5) is 17.1.